The second kappa shape index (κ2) is 3.07. The summed E-state index contributed by atoms with van der Waals surface area (Å²) in [6, 6.07) is 1.50. The Kier molecular flexibility index (Phi) is 2.01. The number of aromatic nitrogens is 2. The molecule has 0 radical (unpaired) electrons. The highest BCUT2D eigenvalue weighted by atomic mass is 35.5. The number of halogens is 1. The minimum atomic E-state index is -1.15. The van der Waals surface area contributed by atoms with Gasteiger partial charge in [-0.15, -0.1) is 0 Å². The Labute approximate surface area is 87.4 Å². The van der Waals surface area contributed by atoms with Crippen molar-refractivity contribution < 1.29 is 9.90 Å². The first kappa shape index (κ1) is 9.17. The zero-order valence-electron chi connectivity index (χ0n) is 6.69. The third-order valence-corrected chi connectivity index (χ3v) is 2.61. The molecule has 1 aromatic heterocycles. The van der Waals surface area contributed by atoms with Crippen LogP contribution in [0.25, 0.3) is 11.0 Å². The predicted octanol–water partition coefficient (Wildman–Crippen LogP) is 1.63. The van der Waals surface area contributed by atoms with Crippen molar-refractivity contribution >= 4 is 46.0 Å². The molecule has 0 atom stereocenters. The zero-order valence-corrected chi connectivity index (χ0v) is 8.26. The Bertz CT molecular complexity index is 525. The smallest absolute Gasteiger partial charge is 0.340 e. The van der Waals surface area contributed by atoms with Crippen molar-refractivity contribution in [1.29, 1.82) is 0 Å². The fraction of sp³-hybridized carbons (Fsp3) is 0. The highest BCUT2D eigenvalue weighted by molar-refractivity contribution is 7.00. The molecule has 1 heterocycles. The van der Waals surface area contributed by atoms with Crippen molar-refractivity contribution in [2.45, 2.75) is 0 Å². The molecule has 2 rings (SSSR count). The van der Waals surface area contributed by atoms with Gasteiger partial charge in [-0.2, -0.15) is 8.75 Å². The number of nitrogens with zero attached hydrogens (tertiary/aromatic N) is 2. The molecule has 0 spiro atoms. The molecule has 72 valence electrons. The van der Waals surface area contributed by atoms with Crippen molar-refractivity contribution in [1.82, 2.24) is 8.75 Å². The standard InChI is InChI=1S/C7H4ClN3O2S/c8-2-1-3-6(11-14-10-3)4(5(2)9)7(12)13/h1H,9H2,(H,12,13). The van der Waals surface area contributed by atoms with Gasteiger partial charge >= 0.3 is 5.97 Å². The summed E-state index contributed by atoms with van der Waals surface area (Å²) in [5.41, 5.74) is 6.21. The topological polar surface area (TPSA) is 89.1 Å². The highest BCUT2D eigenvalue weighted by Crippen LogP contribution is 2.30. The Morgan fingerprint density at radius 2 is 2.29 bits per heavy atom. The van der Waals surface area contributed by atoms with Gasteiger partial charge in [-0.1, -0.05) is 11.6 Å². The Balaban J connectivity index is 2.93. The van der Waals surface area contributed by atoms with Crippen LogP contribution in [-0.4, -0.2) is 19.8 Å². The van der Waals surface area contributed by atoms with Gasteiger partial charge in [0.25, 0.3) is 0 Å². The van der Waals surface area contributed by atoms with Gasteiger partial charge in [-0.05, 0) is 6.07 Å². The lowest BCUT2D eigenvalue weighted by Crippen LogP contribution is -2.04. The third-order valence-electron chi connectivity index (χ3n) is 1.75. The fourth-order valence-electron chi connectivity index (χ4n) is 1.12. The number of rotatable bonds is 1. The molecule has 14 heavy (non-hydrogen) atoms. The van der Waals surface area contributed by atoms with Crippen LogP contribution in [0.1, 0.15) is 10.4 Å². The summed E-state index contributed by atoms with van der Waals surface area (Å²) in [5, 5.41) is 9.09. The number of nitrogen functional groups attached to an aromatic ring is 1. The van der Waals surface area contributed by atoms with E-state index in [-0.39, 0.29) is 21.8 Å². The monoisotopic (exact) mass is 229 g/mol. The maximum atomic E-state index is 10.9. The van der Waals surface area contributed by atoms with Gasteiger partial charge in [0.15, 0.2) is 0 Å². The lowest BCUT2D eigenvalue weighted by atomic mass is 10.1. The number of hydrogen-bond donors (Lipinski definition) is 2. The lowest BCUT2D eigenvalue weighted by Gasteiger charge is -2.02. The van der Waals surface area contributed by atoms with E-state index in [9.17, 15) is 4.79 Å². The molecule has 2 aromatic rings. The number of aromatic carboxylic acids is 1. The molecule has 1 aromatic carbocycles. The number of carboxylic acids is 1. The molecule has 0 bridgehead atoms. The van der Waals surface area contributed by atoms with E-state index in [1.54, 1.807) is 0 Å². The van der Waals surface area contributed by atoms with E-state index in [2.05, 4.69) is 8.75 Å². The second-order valence-corrected chi connectivity index (χ2v) is 3.52. The highest BCUT2D eigenvalue weighted by Gasteiger charge is 2.18. The van der Waals surface area contributed by atoms with Gasteiger partial charge in [0, 0.05) is 0 Å². The Hall–Kier alpha value is -1.40. The van der Waals surface area contributed by atoms with Crippen LogP contribution in [0.4, 0.5) is 5.69 Å². The van der Waals surface area contributed by atoms with Crippen LogP contribution in [0.3, 0.4) is 0 Å². The Morgan fingerprint density at radius 3 is 2.93 bits per heavy atom. The molecule has 0 aliphatic rings. The summed E-state index contributed by atoms with van der Waals surface area (Å²) in [7, 11) is 0. The van der Waals surface area contributed by atoms with Gasteiger partial charge in [-0.25, -0.2) is 4.79 Å². The van der Waals surface area contributed by atoms with Gasteiger partial charge in [0.2, 0.25) is 0 Å². The molecule has 0 aliphatic carbocycles. The van der Waals surface area contributed by atoms with Crippen LogP contribution in [0, 0.1) is 0 Å². The quantitative estimate of drug-likeness (QED) is 0.726. The molecule has 0 aliphatic heterocycles. The number of anilines is 1. The van der Waals surface area contributed by atoms with Crippen LogP contribution in [0.2, 0.25) is 5.02 Å². The summed E-state index contributed by atoms with van der Waals surface area (Å²) in [4.78, 5) is 10.9. The van der Waals surface area contributed by atoms with Crippen molar-refractivity contribution in [2.24, 2.45) is 0 Å². The zero-order chi connectivity index (χ0) is 10.3. The van der Waals surface area contributed by atoms with Gasteiger partial charge in [-0.3, -0.25) is 0 Å². The fourth-order valence-corrected chi connectivity index (χ4v) is 1.86. The van der Waals surface area contributed by atoms with Crippen LogP contribution < -0.4 is 5.73 Å². The van der Waals surface area contributed by atoms with E-state index in [4.69, 9.17) is 22.4 Å². The van der Waals surface area contributed by atoms with Crippen molar-refractivity contribution in [3.05, 3.63) is 16.7 Å². The maximum Gasteiger partial charge on any atom is 0.340 e. The van der Waals surface area contributed by atoms with Crippen molar-refractivity contribution in [2.75, 3.05) is 5.73 Å². The molecule has 0 amide bonds. The predicted molar refractivity (Wildman–Crippen MR) is 53.8 cm³/mol. The number of fused-ring (bicyclic) bond motifs is 1. The summed E-state index contributed by atoms with van der Waals surface area (Å²) in [6.07, 6.45) is 0. The summed E-state index contributed by atoms with van der Waals surface area (Å²) in [5.74, 6) is -1.15. The Morgan fingerprint density at radius 1 is 1.57 bits per heavy atom. The maximum absolute atomic E-state index is 10.9. The lowest BCUT2D eigenvalue weighted by molar-refractivity contribution is 0.0700. The molecule has 0 saturated carbocycles. The van der Waals surface area contributed by atoms with E-state index in [0.29, 0.717) is 5.52 Å². The average molecular weight is 230 g/mol. The molecule has 0 saturated heterocycles. The van der Waals surface area contributed by atoms with Crippen molar-refractivity contribution in [3.63, 3.8) is 0 Å². The first-order valence-corrected chi connectivity index (χ1v) is 4.65. The van der Waals surface area contributed by atoms with Crippen LogP contribution in [0.15, 0.2) is 6.07 Å². The van der Waals surface area contributed by atoms with E-state index in [0.717, 1.165) is 11.7 Å². The number of carbonyl (C=O) groups is 1. The normalized spacial score (nSPS) is 10.6. The van der Waals surface area contributed by atoms with E-state index >= 15 is 0 Å². The molecular formula is C7H4ClN3O2S. The molecular weight excluding hydrogens is 226 g/mol. The van der Waals surface area contributed by atoms with E-state index in [1.807, 2.05) is 0 Å². The van der Waals surface area contributed by atoms with Crippen LogP contribution in [0.5, 0.6) is 0 Å². The summed E-state index contributed by atoms with van der Waals surface area (Å²) < 4.78 is 7.74. The molecule has 0 unspecified atom stereocenters. The first-order valence-electron chi connectivity index (χ1n) is 3.55. The van der Waals surface area contributed by atoms with Gasteiger partial charge in [0.1, 0.15) is 16.6 Å². The minimum absolute atomic E-state index is 0.0272. The van der Waals surface area contributed by atoms with Gasteiger partial charge in [0.05, 0.1) is 22.4 Å². The van der Waals surface area contributed by atoms with Crippen molar-refractivity contribution in [3.8, 4) is 0 Å². The number of nitrogens with two attached hydrogens (primary N) is 1. The molecule has 0 fully saturated rings. The largest absolute Gasteiger partial charge is 0.478 e. The minimum Gasteiger partial charge on any atom is -0.478 e. The average Bonchev–Trinajstić information content (AvgIpc) is 2.52. The third kappa shape index (κ3) is 1.19. The van der Waals surface area contributed by atoms with E-state index < -0.39 is 5.97 Å². The SMILES string of the molecule is Nc1c(Cl)cc2nsnc2c1C(=O)O. The van der Waals surface area contributed by atoms with Gasteiger partial charge < -0.3 is 10.8 Å². The number of hydrogen-bond acceptors (Lipinski definition) is 5. The molecule has 5 nitrogen and oxygen atoms in total. The first-order chi connectivity index (χ1) is 6.61. The molecule has 3 N–H and O–H groups in total. The number of benzene rings is 1. The second-order valence-electron chi connectivity index (χ2n) is 2.58. The van der Waals surface area contributed by atoms with Crippen LogP contribution >= 0.6 is 23.3 Å². The molecule has 7 heteroatoms. The number of carboxylic acid groups (broad SMARTS) is 1. The summed E-state index contributed by atoms with van der Waals surface area (Å²) in [6.45, 7) is 0. The summed E-state index contributed by atoms with van der Waals surface area (Å²) >= 11 is 6.67. The van der Waals surface area contributed by atoms with E-state index in [1.165, 1.54) is 6.07 Å². The van der Waals surface area contributed by atoms with Crippen LogP contribution in [-0.2, 0) is 0 Å².